The minimum Gasteiger partial charge on any atom is -0.487 e. The molecule has 2 aromatic carbocycles. The lowest BCUT2D eigenvalue weighted by Gasteiger charge is -2.38. The Morgan fingerprint density at radius 1 is 1.30 bits per heavy atom. The van der Waals surface area contributed by atoms with Gasteiger partial charge in [-0.25, -0.2) is 4.39 Å². The van der Waals surface area contributed by atoms with Gasteiger partial charge in [0, 0.05) is 12.0 Å². The van der Waals surface area contributed by atoms with Crippen molar-refractivity contribution >= 4 is 5.91 Å². The third kappa shape index (κ3) is 4.59. The standard InChI is InChI=1S/C22H26FNO3/c1-5-19(26-16-9-7-15(23)8-10-16)21(25)24-18-13-22(3,4)27-20-12-14(2)6-11-17(18)20/h6-12,18-19H,5,13H2,1-4H3,(H,24,25)/t18-,19-/m1/s1. The molecule has 1 aliphatic rings. The number of hydrogen-bond acceptors (Lipinski definition) is 3. The molecule has 2 atom stereocenters. The fourth-order valence-corrected chi connectivity index (χ4v) is 3.35. The number of amides is 1. The molecule has 144 valence electrons. The van der Waals surface area contributed by atoms with Gasteiger partial charge in [0.05, 0.1) is 6.04 Å². The van der Waals surface area contributed by atoms with Crippen LogP contribution in [0.2, 0.25) is 0 Å². The largest absolute Gasteiger partial charge is 0.487 e. The minimum atomic E-state index is -0.643. The SMILES string of the molecule is CC[C@@H](Oc1ccc(F)cc1)C(=O)N[C@@H]1CC(C)(C)Oc2cc(C)ccc21. The van der Waals surface area contributed by atoms with Crippen molar-refractivity contribution in [3.63, 3.8) is 0 Å². The molecule has 1 heterocycles. The van der Waals surface area contributed by atoms with Gasteiger partial charge in [-0.05, 0) is 63.1 Å². The van der Waals surface area contributed by atoms with Gasteiger partial charge >= 0.3 is 0 Å². The maximum Gasteiger partial charge on any atom is 0.261 e. The third-order valence-corrected chi connectivity index (χ3v) is 4.70. The van der Waals surface area contributed by atoms with Gasteiger partial charge in [-0.15, -0.1) is 0 Å². The second kappa shape index (κ2) is 7.59. The monoisotopic (exact) mass is 371 g/mol. The molecule has 0 fully saturated rings. The van der Waals surface area contributed by atoms with E-state index in [-0.39, 0.29) is 23.4 Å². The van der Waals surface area contributed by atoms with Crippen molar-refractivity contribution in [2.75, 3.05) is 0 Å². The van der Waals surface area contributed by atoms with Gasteiger partial charge in [0.15, 0.2) is 6.10 Å². The van der Waals surface area contributed by atoms with E-state index in [1.807, 2.05) is 45.9 Å². The molecule has 1 N–H and O–H groups in total. The molecule has 1 amide bonds. The van der Waals surface area contributed by atoms with Crippen LogP contribution < -0.4 is 14.8 Å². The van der Waals surface area contributed by atoms with E-state index in [1.54, 1.807) is 0 Å². The molecule has 3 rings (SSSR count). The van der Waals surface area contributed by atoms with Gasteiger partial charge in [0.2, 0.25) is 0 Å². The predicted octanol–water partition coefficient (Wildman–Crippen LogP) is 4.71. The van der Waals surface area contributed by atoms with E-state index in [9.17, 15) is 9.18 Å². The Hall–Kier alpha value is -2.56. The summed E-state index contributed by atoms with van der Waals surface area (Å²) in [6.07, 6.45) is 0.536. The molecule has 0 radical (unpaired) electrons. The summed E-state index contributed by atoms with van der Waals surface area (Å²) in [5.74, 6) is 0.762. The van der Waals surface area contributed by atoms with Crippen molar-refractivity contribution in [1.82, 2.24) is 5.32 Å². The van der Waals surface area contributed by atoms with Crippen LogP contribution in [-0.4, -0.2) is 17.6 Å². The zero-order chi connectivity index (χ0) is 19.6. The van der Waals surface area contributed by atoms with Crippen LogP contribution in [0.5, 0.6) is 11.5 Å². The van der Waals surface area contributed by atoms with Gasteiger partial charge in [-0.1, -0.05) is 19.1 Å². The van der Waals surface area contributed by atoms with Crippen molar-refractivity contribution in [2.45, 2.75) is 58.3 Å². The van der Waals surface area contributed by atoms with Crippen molar-refractivity contribution in [1.29, 1.82) is 0 Å². The second-order valence-electron chi connectivity index (χ2n) is 7.64. The Morgan fingerprint density at radius 2 is 2.00 bits per heavy atom. The molecule has 2 aromatic rings. The molecule has 0 saturated heterocycles. The average Bonchev–Trinajstić information content (AvgIpc) is 2.59. The summed E-state index contributed by atoms with van der Waals surface area (Å²) in [5, 5.41) is 3.11. The summed E-state index contributed by atoms with van der Waals surface area (Å²) >= 11 is 0. The van der Waals surface area contributed by atoms with E-state index in [2.05, 4.69) is 5.32 Å². The normalized spacial score (nSPS) is 18.8. The highest BCUT2D eigenvalue weighted by atomic mass is 19.1. The highest BCUT2D eigenvalue weighted by Crippen LogP contribution is 2.40. The molecule has 0 saturated carbocycles. The van der Waals surface area contributed by atoms with Crippen molar-refractivity contribution in [2.24, 2.45) is 0 Å². The number of carbonyl (C=O) groups is 1. The van der Waals surface area contributed by atoms with E-state index in [0.717, 1.165) is 16.9 Å². The van der Waals surface area contributed by atoms with Crippen LogP contribution in [0.1, 0.15) is 50.8 Å². The topological polar surface area (TPSA) is 47.6 Å². The summed E-state index contributed by atoms with van der Waals surface area (Å²) in [5.41, 5.74) is 1.71. The first-order valence-corrected chi connectivity index (χ1v) is 9.29. The number of fused-ring (bicyclic) bond motifs is 1. The first kappa shape index (κ1) is 19.2. The van der Waals surface area contributed by atoms with Gasteiger partial charge in [-0.2, -0.15) is 0 Å². The highest BCUT2D eigenvalue weighted by molar-refractivity contribution is 5.81. The Kier molecular flexibility index (Phi) is 5.40. The zero-order valence-corrected chi connectivity index (χ0v) is 16.2. The molecule has 27 heavy (non-hydrogen) atoms. The van der Waals surface area contributed by atoms with Crippen LogP contribution in [0.25, 0.3) is 0 Å². The molecule has 1 aliphatic heterocycles. The van der Waals surface area contributed by atoms with Crippen LogP contribution in [0, 0.1) is 12.7 Å². The Labute approximate surface area is 159 Å². The van der Waals surface area contributed by atoms with Gasteiger partial charge in [-0.3, -0.25) is 4.79 Å². The maximum atomic E-state index is 13.1. The smallest absolute Gasteiger partial charge is 0.261 e. The summed E-state index contributed by atoms with van der Waals surface area (Å²) in [7, 11) is 0. The number of carbonyl (C=O) groups excluding carboxylic acids is 1. The number of rotatable bonds is 5. The van der Waals surface area contributed by atoms with Crippen LogP contribution in [0.3, 0.4) is 0 Å². The first-order valence-electron chi connectivity index (χ1n) is 9.29. The van der Waals surface area contributed by atoms with Crippen LogP contribution >= 0.6 is 0 Å². The third-order valence-electron chi connectivity index (χ3n) is 4.70. The second-order valence-corrected chi connectivity index (χ2v) is 7.64. The number of benzene rings is 2. The van der Waals surface area contributed by atoms with E-state index >= 15 is 0 Å². The van der Waals surface area contributed by atoms with E-state index in [0.29, 0.717) is 18.6 Å². The number of ether oxygens (including phenoxy) is 2. The molecule has 0 spiro atoms. The summed E-state index contributed by atoms with van der Waals surface area (Å²) in [6, 6.07) is 11.6. The molecular formula is C22H26FNO3. The number of halogens is 1. The lowest BCUT2D eigenvalue weighted by Crippen LogP contribution is -2.45. The Morgan fingerprint density at radius 3 is 2.67 bits per heavy atom. The van der Waals surface area contributed by atoms with E-state index in [4.69, 9.17) is 9.47 Å². The predicted molar refractivity (Wildman–Crippen MR) is 102 cm³/mol. The molecule has 0 aliphatic carbocycles. The van der Waals surface area contributed by atoms with Crippen molar-refractivity contribution in [3.8, 4) is 11.5 Å². The van der Waals surface area contributed by atoms with Crippen LogP contribution in [-0.2, 0) is 4.79 Å². The van der Waals surface area contributed by atoms with Gasteiger partial charge < -0.3 is 14.8 Å². The molecule has 0 unspecified atom stereocenters. The van der Waals surface area contributed by atoms with Crippen LogP contribution in [0.15, 0.2) is 42.5 Å². The van der Waals surface area contributed by atoms with Gasteiger partial charge in [0.25, 0.3) is 5.91 Å². The number of nitrogens with one attached hydrogen (secondary N) is 1. The number of hydrogen-bond donors (Lipinski definition) is 1. The zero-order valence-electron chi connectivity index (χ0n) is 16.2. The minimum absolute atomic E-state index is 0.150. The van der Waals surface area contributed by atoms with E-state index in [1.165, 1.54) is 24.3 Å². The quantitative estimate of drug-likeness (QED) is 0.828. The Bertz CT molecular complexity index is 817. The summed E-state index contributed by atoms with van der Waals surface area (Å²) < 4.78 is 24.9. The maximum absolute atomic E-state index is 13.1. The molecule has 0 aromatic heterocycles. The fraction of sp³-hybridized carbons (Fsp3) is 0.409. The van der Waals surface area contributed by atoms with E-state index < -0.39 is 6.10 Å². The lowest BCUT2D eigenvalue weighted by atomic mass is 9.89. The average molecular weight is 371 g/mol. The summed E-state index contributed by atoms with van der Waals surface area (Å²) in [6.45, 7) is 7.94. The van der Waals surface area contributed by atoms with Crippen molar-refractivity contribution in [3.05, 3.63) is 59.4 Å². The highest BCUT2D eigenvalue weighted by Gasteiger charge is 2.35. The van der Waals surface area contributed by atoms with Crippen molar-refractivity contribution < 1.29 is 18.7 Å². The molecule has 4 nitrogen and oxygen atoms in total. The lowest BCUT2D eigenvalue weighted by molar-refractivity contribution is -0.129. The fourth-order valence-electron chi connectivity index (χ4n) is 3.35. The summed E-state index contributed by atoms with van der Waals surface area (Å²) in [4.78, 5) is 12.9. The molecular weight excluding hydrogens is 345 g/mol. The van der Waals surface area contributed by atoms with Crippen LogP contribution in [0.4, 0.5) is 4.39 Å². The first-order chi connectivity index (χ1) is 12.8. The Balaban J connectivity index is 1.76. The molecule has 5 heteroatoms. The number of aryl methyl sites for hydroxylation is 1. The molecule has 0 bridgehead atoms. The van der Waals surface area contributed by atoms with Gasteiger partial charge in [0.1, 0.15) is 22.9 Å².